The van der Waals surface area contributed by atoms with Crippen LogP contribution < -0.4 is 4.90 Å². The van der Waals surface area contributed by atoms with Crippen LogP contribution in [0.5, 0.6) is 0 Å². The van der Waals surface area contributed by atoms with Crippen molar-refractivity contribution in [2.24, 2.45) is 0 Å². The molecule has 0 saturated carbocycles. The molecule has 0 bridgehead atoms. The van der Waals surface area contributed by atoms with Crippen LogP contribution in [0.4, 0.5) is 17.1 Å². The van der Waals surface area contributed by atoms with E-state index in [9.17, 15) is 0 Å². The second kappa shape index (κ2) is 19.7. The van der Waals surface area contributed by atoms with Crippen LogP contribution in [0.15, 0.2) is 265 Å². The molecule has 2 nitrogen and oxygen atoms in total. The van der Waals surface area contributed by atoms with Gasteiger partial charge in [0, 0.05) is 50.0 Å². The summed E-state index contributed by atoms with van der Waals surface area (Å²) in [6.45, 7) is 16.2. The highest BCUT2D eigenvalue weighted by Crippen LogP contribution is 2.57. The molecule has 0 unspecified atom stereocenters. The fourth-order valence-corrected chi connectivity index (χ4v) is 14.6. The maximum atomic E-state index is 7.28. The van der Waals surface area contributed by atoms with E-state index in [4.69, 9.17) is 4.42 Å². The van der Waals surface area contributed by atoms with E-state index < -0.39 is 0 Å². The van der Waals surface area contributed by atoms with Crippen LogP contribution in [0.25, 0.3) is 88.7 Å². The Morgan fingerprint density at radius 3 is 1.51 bits per heavy atom. The standard InChI is InChI=1S/C82H65NO/c1-51-23-11-13-28-59(51)62-30-15-17-32-66(62)77(67-33-18-16-31-63(67)60-29-14-12-24-52(60)2)69-48-47-61(80-79(69)76-53(3)25-21-38-75(76)84-80)55-39-42-57(43-40-55)83(74-37-22-36-71-78(74)68-34-19-20-35-70(68)81(71,4)5)58-44-46-65-64-45-41-56(54-26-9-8-10-27-54)49-72(64)82(6,7)73(65)50-58/h8-50,77H,1-7H3. The predicted molar refractivity (Wildman–Crippen MR) is 353 cm³/mol. The van der Waals surface area contributed by atoms with Gasteiger partial charge in [0.05, 0.1) is 5.69 Å². The van der Waals surface area contributed by atoms with Crippen LogP contribution in [0.3, 0.4) is 0 Å². The Bertz CT molecular complexity index is 4670. The molecule has 84 heavy (non-hydrogen) atoms. The van der Waals surface area contributed by atoms with Crippen molar-refractivity contribution in [3.05, 3.63) is 316 Å². The summed E-state index contributed by atoms with van der Waals surface area (Å²) in [6, 6.07) is 97.2. The number of fused-ring (bicyclic) bond motifs is 9. The number of hydrogen-bond donors (Lipinski definition) is 0. The fourth-order valence-electron chi connectivity index (χ4n) is 14.6. The Labute approximate surface area is 494 Å². The number of hydrogen-bond acceptors (Lipinski definition) is 2. The van der Waals surface area contributed by atoms with E-state index in [1.54, 1.807) is 0 Å². The molecule has 0 aliphatic heterocycles. The third-order valence-electron chi connectivity index (χ3n) is 18.9. The minimum atomic E-state index is -0.235. The summed E-state index contributed by atoms with van der Waals surface area (Å²) >= 11 is 0. The van der Waals surface area contributed by atoms with E-state index in [1.165, 1.54) is 117 Å². The number of rotatable bonds is 10. The number of nitrogens with zero attached hydrogens (tertiary/aromatic N) is 1. The molecule has 0 spiro atoms. The zero-order valence-electron chi connectivity index (χ0n) is 48.8. The van der Waals surface area contributed by atoms with Gasteiger partial charge in [-0.05, 0) is 175 Å². The monoisotopic (exact) mass is 1080 g/mol. The summed E-state index contributed by atoms with van der Waals surface area (Å²) in [5.74, 6) is -0.164. The summed E-state index contributed by atoms with van der Waals surface area (Å²) in [7, 11) is 0. The summed E-state index contributed by atoms with van der Waals surface area (Å²) in [5, 5.41) is 2.30. The van der Waals surface area contributed by atoms with Gasteiger partial charge in [-0.15, -0.1) is 0 Å². The Kier molecular flexibility index (Phi) is 12.0. The van der Waals surface area contributed by atoms with Crippen LogP contribution in [0.2, 0.25) is 0 Å². The smallest absolute Gasteiger partial charge is 0.143 e. The van der Waals surface area contributed by atoms with Crippen molar-refractivity contribution in [3.63, 3.8) is 0 Å². The molecule has 1 aromatic heterocycles. The highest BCUT2D eigenvalue weighted by molar-refractivity contribution is 6.13. The van der Waals surface area contributed by atoms with Gasteiger partial charge < -0.3 is 9.32 Å². The molecule has 0 N–H and O–H groups in total. The van der Waals surface area contributed by atoms with Gasteiger partial charge in [0.15, 0.2) is 0 Å². The first-order valence-corrected chi connectivity index (χ1v) is 29.7. The van der Waals surface area contributed by atoms with Crippen LogP contribution in [0, 0.1) is 20.8 Å². The zero-order chi connectivity index (χ0) is 57.0. The average Bonchev–Trinajstić information content (AvgIpc) is 2.91. The van der Waals surface area contributed by atoms with Gasteiger partial charge in [0.25, 0.3) is 0 Å². The van der Waals surface area contributed by atoms with E-state index in [-0.39, 0.29) is 16.7 Å². The lowest BCUT2D eigenvalue weighted by Crippen LogP contribution is -2.17. The molecular weight excluding hydrogens is 1010 g/mol. The number of anilines is 3. The molecule has 2 aliphatic carbocycles. The first-order valence-electron chi connectivity index (χ1n) is 29.7. The summed E-state index contributed by atoms with van der Waals surface area (Å²) in [6.07, 6.45) is 0. The minimum Gasteiger partial charge on any atom is -0.455 e. The van der Waals surface area contributed by atoms with E-state index >= 15 is 0 Å². The highest BCUT2D eigenvalue weighted by Gasteiger charge is 2.40. The van der Waals surface area contributed by atoms with E-state index in [0.717, 1.165) is 44.4 Å². The van der Waals surface area contributed by atoms with Gasteiger partial charge in [0.2, 0.25) is 0 Å². The van der Waals surface area contributed by atoms with Crippen molar-refractivity contribution in [2.75, 3.05) is 4.90 Å². The molecular formula is C82H65NO. The zero-order valence-corrected chi connectivity index (χ0v) is 48.8. The maximum Gasteiger partial charge on any atom is 0.143 e. The predicted octanol–water partition coefficient (Wildman–Crippen LogP) is 22.4. The van der Waals surface area contributed by atoms with Gasteiger partial charge in [0.1, 0.15) is 11.2 Å². The van der Waals surface area contributed by atoms with Crippen molar-refractivity contribution in [1.82, 2.24) is 0 Å². The van der Waals surface area contributed by atoms with Gasteiger partial charge in [-0.3, -0.25) is 0 Å². The maximum absolute atomic E-state index is 7.28. The number of furan rings is 1. The topological polar surface area (TPSA) is 16.4 Å². The van der Waals surface area contributed by atoms with Crippen molar-refractivity contribution in [3.8, 4) is 66.8 Å². The number of aryl methyl sites for hydroxylation is 3. The molecule has 12 aromatic carbocycles. The van der Waals surface area contributed by atoms with Crippen molar-refractivity contribution < 1.29 is 4.42 Å². The van der Waals surface area contributed by atoms with Gasteiger partial charge in [-0.1, -0.05) is 246 Å². The quantitative estimate of drug-likeness (QED) is 0.127. The van der Waals surface area contributed by atoms with Crippen LogP contribution >= 0.6 is 0 Å². The largest absolute Gasteiger partial charge is 0.455 e. The van der Waals surface area contributed by atoms with Crippen molar-refractivity contribution in [2.45, 2.75) is 65.2 Å². The lowest BCUT2D eigenvalue weighted by atomic mass is 9.76. The van der Waals surface area contributed by atoms with Crippen LogP contribution in [-0.4, -0.2) is 0 Å². The third kappa shape index (κ3) is 7.99. The Balaban J connectivity index is 0.918. The second-order valence-corrected chi connectivity index (χ2v) is 24.4. The van der Waals surface area contributed by atoms with E-state index in [0.29, 0.717) is 0 Å². The molecule has 0 saturated heterocycles. The Hall–Kier alpha value is -9.76. The normalized spacial score (nSPS) is 13.5. The number of benzene rings is 12. The summed E-state index contributed by atoms with van der Waals surface area (Å²) in [4.78, 5) is 2.52. The second-order valence-electron chi connectivity index (χ2n) is 24.4. The highest BCUT2D eigenvalue weighted by atomic mass is 16.3. The Morgan fingerprint density at radius 1 is 0.321 bits per heavy atom. The minimum absolute atomic E-state index is 0.164. The SMILES string of the molecule is Cc1ccccc1-c1ccccc1C(c1ccccc1-c1ccccc1C)c1ccc(-c2ccc(N(c3ccc4c(c3)C(C)(C)c3cc(-c5ccccc5)ccc3-4)c3cccc4c3-c3ccccc3C4(C)C)cc2)c2oc3cccc(C)c3c12. The van der Waals surface area contributed by atoms with Crippen LogP contribution in [0.1, 0.15) is 89.2 Å². The lowest BCUT2D eigenvalue weighted by Gasteiger charge is -2.30. The van der Waals surface area contributed by atoms with Crippen LogP contribution in [-0.2, 0) is 10.8 Å². The molecule has 2 aliphatic rings. The first kappa shape index (κ1) is 51.1. The van der Waals surface area contributed by atoms with Gasteiger partial charge >= 0.3 is 0 Å². The molecule has 13 aromatic rings. The fraction of sp³-hybridized carbons (Fsp3) is 0.122. The molecule has 0 atom stereocenters. The summed E-state index contributed by atoms with van der Waals surface area (Å²) < 4.78 is 7.28. The van der Waals surface area contributed by atoms with Gasteiger partial charge in [-0.2, -0.15) is 0 Å². The first-order chi connectivity index (χ1) is 41.0. The molecule has 2 heteroatoms. The molecule has 0 radical (unpaired) electrons. The van der Waals surface area contributed by atoms with E-state index in [2.05, 4.69) is 314 Å². The molecule has 0 fully saturated rings. The van der Waals surface area contributed by atoms with Crippen molar-refractivity contribution >= 4 is 39.0 Å². The molecule has 1 heterocycles. The van der Waals surface area contributed by atoms with Crippen molar-refractivity contribution in [1.29, 1.82) is 0 Å². The average molecular weight is 1080 g/mol. The molecule has 0 amide bonds. The summed E-state index contributed by atoms with van der Waals surface area (Å²) in [5.41, 5.74) is 32.3. The lowest BCUT2D eigenvalue weighted by molar-refractivity contribution is 0.660. The third-order valence-corrected chi connectivity index (χ3v) is 18.9. The Morgan fingerprint density at radius 2 is 0.833 bits per heavy atom. The molecule has 404 valence electrons. The van der Waals surface area contributed by atoms with E-state index in [1.807, 2.05) is 0 Å². The molecule has 15 rings (SSSR count). The van der Waals surface area contributed by atoms with Gasteiger partial charge in [-0.25, -0.2) is 0 Å².